The maximum atomic E-state index is 12.8. The summed E-state index contributed by atoms with van der Waals surface area (Å²) in [4.78, 5) is 0.355. The van der Waals surface area contributed by atoms with E-state index in [0.717, 1.165) is 31.1 Å². The fraction of sp³-hybridized carbons (Fsp3) is 0.684. The van der Waals surface area contributed by atoms with Crippen molar-refractivity contribution in [2.24, 2.45) is 11.8 Å². The number of ether oxygens (including phenoxy) is 1. The van der Waals surface area contributed by atoms with Gasteiger partial charge in [0, 0.05) is 19.1 Å². The molecule has 2 fully saturated rings. The van der Waals surface area contributed by atoms with Crippen molar-refractivity contribution >= 4 is 10.0 Å². The van der Waals surface area contributed by atoms with Crippen LogP contribution < -0.4 is 10.1 Å². The molecule has 3 rings (SSSR count). The quantitative estimate of drug-likeness (QED) is 0.769. The second-order valence-electron chi connectivity index (χ2n) is 7.71. The number of piperidine rings is 1. The minimum atomic E-state index is -3.40. The topological polar surface area (TPSA) is 58.6 Å². The molecule has 140 valence electrons. The molecule has 0 unspecified atom stereocenters. The molecular weight excluding hydrogens is 336 g/mol. The summed E-state index contributed by atoms with van der Waals surface area (Å²) in [6.07, 6.45) is 4.47. The molecule has 1 aromatic rings. The van der Waals surface area contributed by atoms with E-state index in [9.17, 15) is 8.42 Å². The molecule has 0 amide bonds. The maximum absolute atomic E-state index is 12.8. The largest absolute Gasteiger partial charge is 0.493 e. The van der Waals surface area contributed by atoms with Gasteiger partial charge in [-0.3, -0.25) is 0 Å². The smallest absolute Gasteiger partial charge is 0.243 e. The lowest BCUT2D eigenvalue weighted by molar-refractivity contribution is 0.271. The van der Waals surface area contributed by atoms with Crippen molar-refractivity contribution in [2.45, 2.75) is 50.5 Å². The number of sulfonamides is 1. The monoisotopic (exact) mass is 366 g/mol. The zero-order valence-electron chi connectivity index (χ0n) is 15.3. The second-order valence-corrected chi connectivity index (χ2v) is 9.64. The van der Waals surface area contributed by atoms with Crippen LogP contribution in [0.5, 0.6) is 5.75 Å². The van der Waals surface area contributed by atoms with Crippen molar-refractivity contribution in [1.29, 1.82) is 0 Å². The lowest BCUT2D eigenvalue weighted by atomic mass is 10.1. The predicted octanol–water partition coefficient (Wildman–Crippen LogP) is 2.87. The van der Waals surface area contributed by atoms with Crippen LogP contribution in [-0.4, -0.2) is 45.0 Å². The third kappa shape index (κ3) is 5.19. The van der Waals surface area contributed by atoms with E-state index in [1.807, 2.05) is 0 Å². The Kier molecular flexibility index (Phi) is 6.02. The van der Waals surface area contributed by atoms with Crippen LogP contribution in [0.2, 0.25) is 0 Å². The van der Waals surface area contributed by atoms with Crippen LogP contribution in [0.15, 0.2) is 29.2 Å². The maximum Gasteiger partial charge on any atom is 0.243 e. The molecule has 0 radical (unpaired) electrons. The van der Waals surface area contributed by atoms with Gasteiger partial charge in [0.2, 0.25) is 10.0 Å². The van der Waals surface area contributed by atoms with Gasteiger partial charge in [0.25, 0.3) is 0 Å². The minimum absolute atomic E-state index is 0.355. The van der Waals surface area contributed by atoms with Crippen LogP contribution in [0, 0.1) is 11.8 Å². The fourth-order valence-corrected chi connectivity index (χ4v) is 4.55. The number of hydrogen-bond donors (Lipinski definition) is 1. The number of benzene rings is 1. The third-order valence-corrected chi connectivity index (χ3v) is 6.80. The van der Waals surface area contributed by atoms with E-state index >= 15 is 0 Å². The number of rotatable bonds is 8. The lowest BCUT2D eigenvalue weighted by Crippen LogP contribution is -2.45. The van der Waals surface area contributed by atoms with Gasteiger partial charge < -0.3 is 10.1 Å². The summed E-state index contributed by atoms with van der Waals surface area (Å²) >= 11 is 0. The van der Waals surface area contributed by atoms with Gasteiger partial charge in [0.1, 0.15) is 5.75 Å². The second kappa shape index (κ2) is 8.06. The summed E-state index contributed by atoms with van der Waals surface area (Å²) in [5, 5.41) is 3.59. The molecule has 1 aromatic carbocycles. The normalized spacial score (nSPS) is 20.1. The van der Waals surface area contributed by atoms with Crippen LogP contribution >= 0.6 is 0 Å². The Labute approximate surface area is 151 Å². The molecule has 0 atom stereocenters. The van der Waals surface area contributed by atoms with Gasteiger partial charge in [-0.05, 0) is 68.3 Å². The Morgan fingerprint density at radius 3 is 2.32 bits per heavy atom. The summed E-state index contributed by atoms with van der Waals surface area (Å²) in [7, 11) is -3.40. The van der Waals surface area contributed by atoms with Gasteiger partial charge in [-0.2, -0.15) is 4.31 Å². The van der Waals surface area contributed by atoms with E-state index in [-0.39, 0.29) is 0 Å². The molecule has 6 heteroatoms. The van der Waals surface area contributed by atoms with E-state index in [1.165, 1.54) is 12.8 Å². The van der Waals surface area contributed by atoms with E-state index in [2.05, 4.69) is 19.2 Å². The molecule has 0 aromatic heterocycles. The Morgan fingerprint density at radius 1 is 1.12 bits per heavy atom. The van der Waals surface area contributed by atoms with E-state index in [0.29, 0.717) is 36.6 Å². The Bertz CT molecular complexity index is 646. The van der Waals surface area contributed by atoms with Crippen molar-refractivity contribution in [1.82, 2.24) is 9.62 Å². The van der Waals surface area contributed by atoms with Gasteiger partial charge in [-0.25, -0.2) is 8.42 Å². The molecule has 25 heavy (non-hydrogen) atoms. The van der Waals surface area contributed by atoms with E-state index < -0.39 is 10.0 Å². The third-order valence-electron chi connectivity index (χ3n) is 4.89. The van der Waals surface area contributed by atoms with Crippen LogP contribution in [0.4, 0.5) is 0 Å². The summed E-state index contributed by atoms with van der Waals surface area (Å²) < 4.78 is 32.9. The molecule has 0 bridgehead atoms. The van der Waals surface area contributed by atoms with Crippen LogP contribution in [-0.2, 0) is 10.0 Å². The summed E-state index contributed by atoms with van der Waals surface area (Å²) in [6, 6.07) is 7.27. The molecule has 0 spiro atoms. The first-order chi connectivity index (χ1) is 11.9. The van der Waals surface area contributed by atoms with Gasteiger partial charge in [-0.1, -0.05) is 13.8 Å². The highest BCUT2D eigenvalue weighted by molar-refractivity contribution is 7.89. The van der Waals surface area contributed by atoms with Gasteiger partial charge >= 0.3 is 0 Å². The number of nitrogens with zero attached hydrogens (tertiary/aromatic N) is 1. The zero-order valence-corrected chi connectivity index (χ0v) is 16.1. The first-order valence-corrected chi connectivity index (χ1v) is 10.9. The Morgan fingerprint density at radius 2 is 1.76 bits per heavy atom. The number of hydrogen-bond acceptors (Lipinski definition) is 4. The van der Waals surface area contributed by atoms with Crippen molar-refractivity contribution in [3.05, 3.63) is 24.3 Å². The van der Waals surface area contributed by atoms with E-state index in [4.69, 9.17) is 4.74 Å². The highest BCUT2D eigenvalue weighted by atomic mass is 32.2. The van der Waals surface area contributed by atoms with Gasteiger partial charge in [0.05, 0.1) is 11.5 Å². The van der Waals surface area contributed by atoms with Gasteiger partial charge in [-0.15, -0.1) is 0 Å². The molecule has 1 saturated heterocycles. The lowest BCUT2D eigenvalue weighted by Gasteiger charge is -2.31. The predicted molar refractivity (Wildman–Crippen MR) is 99.3 cm³/mol. The first-order valence-electron chi connectivity index (χ1n) is 9.41. The van der Waals surface area contributed by atoms with Crippen LogP contribution in [0.1, 0.15) is 39.5 Å². The Hall–Kier alpha value is -1.11. The highest BCUT2D eigenvalue weighted by Gasteiger charge is 2.30. The average molecular weight is 367 g/mol. The summed E-state index contributed by atoms with van der Waals surface area (Å²) in [5.74, 6) is 2.02. The minimum Gasteiger partial charge on any atom is -0.493 e. The SMILES string of the molecule is CC(C)COc1ccc(S(=O)(=O)N2CCC(NCC3CC3)CC2)cc1. The first kappa shape index (κ1) is 18.7. The molecule has 1 heterocycles. The summed E-state index contributed by atoms with van der Waals surface area (Å²) in [6.45, 7) is 7.08. The van der Waals surface area contributed by atoms with Crippen molar-refractivity contribution in [3.63, 3.8) is 0 Å². The molecular formula is C19H30N2O3S. The number of nitrogens with one attached hydrogen (secondary N) is 1. The van der Waals surface area contributed by atoms with Crippen molar-refractivity contribution in [2.75, 3.05) is 26.2 Å². The molecule has 2 aliphatic rings. The Balaban J connectivity index is 1.54. The molecule has 1 saturated carbocycles. The fourth-order valence-electron chi connectivity index (χ4n) is 3.08. The summed E-state index contributed by atoms with van der Waals surface area (Å²) in [5.41, 5.74) is 0. The average Bonchev–Trinajstić information content (AvgIpc) is 3.43. The van der Waals surface area contributed by atoms with Crippen molar-refractivity contribution < 1.29 is 13.2 Å². The molecule has 5 nitrogen and oxygen atoms in total. The highest BCUT2D eigenvalue weighted by Crippen LogP contribution is 2.28. The van der Waals surface area contributed by atoms with E-state index in [1.54, 1.807) is 28.6 Å². The van der Waals surface area contributed by atoms with Crippen molar-refractivity contribution in [3.8, 4) is 5.75 Å². The van der Waals surface area contributed by atoms with Gasteiger partial charge in [0.15, 0.2) is 0 Å². The molecule has 1 N–H and O–H groups in total. The zero-order chi connectivity index (χ0) is 17.9. The van der Waals surface area contributed by atoms with Crippen LogP contribution in [0.25, 0.3) is 0 Å². The molecule has 1 aliphatic heterocycles. The van der Waals surface area contributed by atoms with Crippen LogP contribution in [0.3, 0.4) is 0 Å². The standard InChI is InChI=1S/C19H30N2O3S/c1-15(2)14-24-18-5-7-19(8-6-18)25(22,23)21-11-9-17(10-12-21)20-13-16-3-4-16/h5-8,15-17,20H,3-4,9-14H2,1-2H3. The molecule has 1 aliphatic carbocycles.